The third-order valence-corrected chi connectivity index (χ3v) is 6.17. The van der Waals surface area contributed by atoms with Crippen molar-refractivity contribution < 1.29 is 14.3 Å². The van der Waals surface area contributed by atoms with Gasteiger partial charge in [0.1, 0.15) is 0 Å². The quantitative estimate of drug-likeness (QED) is 0.600. The van der Waals surface area contributed by atoms with Crippen LogP contribution < -0.4 is 9.47 Å². The Kier molecular flexibility index (Phi) is 5.06. The van der Waals surface area contributed by atoms with Crippen LogP contribution >= 0.6 is 0 Å². The molecule has 5 nitrogen and oxygen atoms in total. The summed E-state index contributed by atoms with van der Waals surface area (Å²) >= 11 is 0. The lowest BCUT2D eigenvalue weighted by atomic mass is 10.00. The number of carbonyl (C=O) groups is 1. The number of fused-ring (bicyclic) bond motifs is 2. The Balaban J connectivity index is 1.88. The van der Waals surface area contributed by atoms with Crippen molar-refractivity contribution in [1.82, 2.24) is 9.47 Å². The molecule has 0 saturated carbocycles. The van der Waals surface area contributed by atoms with Gasteiger partial charge >= 0.3 is 0 Å². The Labute approximate surface area is 177 Å². The first-order valence-electron chi connectivity index (χ1n) is 10.1. The van der Waals surface area contributed by atoms with E-state index < -0.39 is 0 Å². The molecule has 1 aromatic heterocycles. The lowest BCUT2D eigenvalue weighted by Gasteiger charge is -2.20. The SMILES string of the molecule is COc1cc2c(cc1OC)CCN(C)C(C(=O)c1c(C)n(C)c3cc(C)ccc13)=C2. The molecule has 1 aliphatic heterocycles. The van der Waals surface area contributed by atoms with Gasteiger partial charge < -0.3 is 18.9 Å². The van der Waals surface area contributed by atoms with Crippen molar-refractivity contribution in [2.45, 2.75) is 20.3 Å². The Morgan fingerprint density at radius 2 is 1.70 bits per heavy atom. The fourth-order valence-corrected chi connectivity index (χ4v) is 4.28. The van der Waals surface area contributed by atoms with E-state index in [2.05, 4.69) is 29.7 Å². The Bertz CT molecular complexity index is 1190. The van der Waals surface area contributed by atoms with Gasteiger partial charge in [0.05, 0.1) is 25.5 Å². The second kappa shape index (κ2) is 7.56. The van der Waals surface area contributed by atoms with E-state index >= 15 is 0 Å². The molecule has 4 rings (SSSR count). The number of ether oxygens (including phenoxy) is 2. The van der Waals surface area contributed by atoms with Crippen molar-refractivity contribution in [3.05, 3.63) is 64.0 Å². The molecule has 5 heteroatoms. The lowest BCUT2D eigenvalue weighted by Crippen LogP contribution is -2.25. The van der Waals surface area contributed by atoms with E-state index in [9.17, 15) is 4.79 Å². The van der Waals surface area contributed by atoms with E-state index in [0.717, 1.165) is 46.3 Å². The molecule has 0 unspecified atom stereocenters. The number of hydrogen-bond acceptors (Lipinski definition) is 4. The number of Topliss-reactive ketones (excluding diaryl/α,β-unsaturated/α-hetero) is 1. The number of likely N-dealkylation sites (N-methyl/N-ethyl adjacent to an activating group) is 1. The molecular formula is C25H28N2O3. The predicted octanol–water partition coefficient (Wildman–Crippen LogP) is 4.52. The zero-order valence-corrected chi connectivity index (χ0v) is 18.5. The number of allylic oxidation sites excluding steroid dienone is 1. The molecule has 30 heavy (non-hydrogen) atoms. The molecule has 0 aliphatic carbocycles. The second-order valence-electron chi connectivity index (χ2n) is 7.98. The average molecular weight is 405 g/mol. The zero-order valence-electron chi connectivity index (χ0n) is 18.5. The van der Waals surface area contributed by atoms with E-state index in [-0.39, 0.29) is 5.78 Å². The second-order valence-corrected chi connectivity index (χ2v) is 7.98. The highest BCUT2D eigenvalue weighted by Crippen LogP contribution is 2.35. The topological polar surface area (TPSA) is 43.7 Å². The van der Waals surface area contributed by atoms with Gasteiger partial charge in [-0.1, -0.05) is 12.1 Å². The summed E-state index contributed by atoms with van der Waals surface area (Å²) in [5.74, 6) is 1.43. The Morgan fingerprint density at radius 1 is 1.00 bits per heavy atom. The summed E-state index contributed by atoms with van der Waals surface area (Å²) in [5.41, 5.74) is 6.85. The molecule has 1 aliphatic rings. The first kappa shape index (κ1) is 20.1. The maximum Gasteiger partial charge on any atom is 0.211 e. The van der Waals surface area contributed by atoms with Gasteiger partial charge in [-0.25, -0.2) is 0 Å². The van der Waals surface area contributed by atoms with Crippen molar-refractivity contribution in [3.63, 3.8) is 0 Å². The molecule has 0 atom stereocenters. The maximum absolute atomic E-state index is 13.8. The molecule has 2 aromatic carbocycles. The van der Waals surface area contributed by atoms with Crippen molar-refractivity contribution in [2.75, 3.05) is 27.8 Å². The van der Waals surface area contributed by atoms with Gasteiger partial charge in [0.25, 0.3) is 0 Å². The average Bonchev–Trinajstić information content (AvgIpc) is 2.88. The minimum atomic E-state index is 0.0482. The summed E-state index contributed by atoms with van der Waals surface area (Å²) in [7, 11) is 7.27. The molecule has 0 amide bonds. The third kappa shape index (κ3) is 3.15. The summed E-state index contributed by atoms with van der Waals surface area (Å²) in [6, 6.07) is 10.2. The molecule has 0 saturated heterocycles. The molecule has 0 radical (unpaired) electrons. The van der Waals surface area contributed by atoms with Gasteiger partial charge in [-0.3, -0.25) is 4.79 Å². The molecule has 3 aromatic rings. The van der Waals surface area contributed by atoms with Crippen LogP contribution in [-0.4, -0.2) is 43.1 Å². The predicted molar refractivity (Wildman–Crippen MR) is 121 cm³/mol. The monoisotopic (exact) mass is 404 g/mol. The molecule has 0 fully saturated rings. The lowest BCUT2D eigenvalue weighted by molar-refractivity contribution is 0.100. The highest BCUT2D eigenvalue weighted by Gasteiger charge is 2.26. The molecule has 0 bridgehead atoms. The number of aromatic nitrogens is 1. The van der Waals surface area contributed by atoms with Gasteiger partial charge in [0.2, 0.25) is 5.78 Å². The number of ketones is 1. The number of nitrogens with zero attached hydrogens (tertiary/aromatic N) is 2. The Morgan fingerprint density at radius 3 is 2.40 bits per heavy atom. The smallest absolute Gasteiger partial charge is 0.211 e. The van der Waals surface area contributed by atoms with Crippen molar-refractivity contribution in [2.24, 2.45) is 7.05 Å². The van der Waals surface area contributed by atoms with Gasteiger partial charge in [-0.05, 0) is 61.2 Å². The van der Waals surface area contributed by atoms with Gasteiger partial charge in [0, 0.05) is 37.2 Å². The minimum Gasteiger partial charge on any atom is -0.493 e. The van der Waals surface area contributed by atoms with Crippen molar-refractivity contribution in [3.8, 4) is 11.5 Å². The largest absolute Gasteiger partial charge is 0.493 e. The van der Waals surface area contributed by atoms with E-state index in [0.29, 0.717) is 17.2 Å². The molecule has 0 spiro atoms. The summed E-state index contributed by atoms with van der Waals surface area (Å²) in [4.78, 5) is 15.9. The van der Waals surface area contributed by atoms with Crippen LogP contribution in [0.2, 0.25) is 0 Å². The van der Waals surface area contributed by atoms with E-state index in [1.807, 2.05) is 44.1 Å². The summed E-state index contributed by atoms with van der Waals surface area (Å²) in [5, 5.41) is 0.997. The fraction of sp³-hybridized carbons (Fsp3) is 0.320. The first-order valence-corrected chi connectivity index (χ1v) is 10.1. The molecular weight excluding hydrogens is 376 g/mol. The molecule has 2 heterocycles. The van der Waals surface area contributed by atoms with E-state index in [4.69, 9.17) is 9.47 Å². The summed E-state index contributed by atoms with van der Waals surface area (Å²) < 4.78 is 13.1. The zero-order chi connectivity index (χ0) is 21.6. The number of hydrogen-bond donors (Lipinski definition) is 0. The van der Waals surface area contributed by atoms with Crippen LogP contribution in [-0.2, 0) is 13.5 Å². The van der Waals surface area contributed by atoms with Crippen LogP contribution in [0.25, 0.3) is 17.0 Å². The van der Waals surface area contributed by atoms with Crippen molar-refractivity contribution >= 4 is 22.8 Å². The first-order chi connectivity index (χ1) is 14.3. The fourth-order valence-electron chi connectivity index (χ4n) is 4.28. The molecule has 156 valence electrons. The normalized spacial score (nSPS) is 13.7. The molecule has 0 N–H and O–H groups in total. The van der Waals surface area contributed by atoms with E-state index in [1.165, 1.54) is 5.56 Å². The highest BCUT2D eigenvalue weighted by atomic mass is 16.5. The van der Waals surface area contributed by atoms with Gasteiger partial charge in [-0.2, -0.15) is 0 Å². The van der Waals surface area contributed by atoms with Crippen LogP contribution in [0.15, 0.2) is 36.0 Å². The van der Waals surface area contributed by atoms with Crippen LogP contribution in [0.4, 0.5) is 0 Å². The summed E-state index contributed by atoms with van der Waals surface area (Å²) in [6.07, 6.45) is 2.81. The van der Waals surface area contributed by atoms with Crippen LogP contribution in [0.5, 0.6) is 11.5 Å². The number of methoxy groups -OCH3 is 2. The van der Waals surface area contributed by atoms with Crippen LogP contribution in [0, 0.1) is 13.8 Å². The van der Waals surface area contributed by atoms with Crippen LogP contribution in [0.3, 0.4) is 0 Å². The van der Waals surface area contributed by atoms with Gasteiger partial charge in [-0.15, -0.1) is 0 Å². The summed E-state index contributed by atoms with van der Waals surface area (Å²) in [6.45, 7) is 4.84. The highest BCUT2D eigenvalue weighted by molar-refractivity contribution is 6.18. The third-order valence-electron chi connectivity index (χ3n) is 6.17. The standard InChI is InChI=1S/C25H28N2O3/c1-15-7-8-19-20(11-15)27(4)16(2)24(19)25(28)21-12-18-14-23(30-6)22(29-5)13-17(18)9-10-26(21)3/h7-8,11-14H,9-10H2,1-6H3. The minimum absolute atomic E-state index is 0.0482. The maximum atomic E-state index is 13.8. The number of carbonyl (C=O) groups excluding carboxylic acids is 1. The number of aryl methyl sites for hydroxylation is 2. The Hall–Kier alpha value is -3.21. The van der Waals surface area contributed by atoms with E-state index in [1.54, 1.807) is 14.2 Å². The number of benzene rings is 2. The number of rotatable bonds is 4. The van der Waals surface area contributed by atoms with Crippen LogP contribution in [0.1, 0.15) is 32.7 Å². The van der Waals surface area contributed by atoms with Crippen molar-refractivity contribution in [1.29, 1.82) is 0 Å². The van der Waals surface area contributed by atoms with Gasteiger partial charge in [0.15, 0.2) is 11.5 Å².